The molecule has 2 aliphatic rings. The highest BCUT2D eigenvalue weighted by molar-refractivity contribution is 6.30. The van der Waals surface area contributed by atoms with Crippen LogP contribution in [0.3, 0.4) is 0 Å². The SMILES string of the molecule is Cl.Cl.Clc1cccc(C(CCN2CCNCC2)C2CCCCCC2)c1. The smallest absolute Gasteiger partial charge is 0.0408 e. The van der Waals surface area contributed by atoms with E-state index in [1.807, 2.05) is 6.07 Å². The van der Waals surface area contributed by atoms with E-state index in [0.717, 1.165) is 24.0 Å². The van der Waals surface area contributed by atoms with Crippen LogP contribution in [0, 0.1) is 5.92 Å². The average Bonchev–Trinajstić information content (AvgIpc) is 2.86. The number of nitrogens with zero attached hydrogens (tertiary/aromatic N) is 1. The van der Waals surface area contributed by atoms with Crippen LogP contribution in [0.2, 0.25) is 5.02 Å². The Hall–Kier alpha value is 0.01000. The van der Waals surface area contributed by atoms with Crippen LogP contribution in [0.4, 0.5) is 0 Å². The van der Waals surface area contributed by atoms with E-state index in [1.54, 1.807) is 0 Å². The largest absolute Gasteiger partial charge is 0.314 e. The van der Waals surface area contributed by atoms with E-state index >= 15 is 0 Å². The van der Waals surface area contributed by atoms with Gasteiger partial charge in [-0.2, -0.15) is 0 Å². The zero-order chi connectivity index (χ0) is 15.9. The Morgan fingerprint density at radius 3 is 2.36 bits per heavy atom. The number of benzene rings is 1. The number of rotatable bonds is 5. The standard InChI is InChI=1S/C20H31ClN2.2ClH/c21-19-9-5-8-18(16-19)20(17-6-3-1-2-4-7-17)10-13-23-14-11-22-12-15-23;;/h5,8-9,16-17,20,22H,1-4,6-7,10-15H2;2*1H. The van der Waals surface area contributed by atoms with Crippen molar-refractivity contribution in [1.82, 2.24) is 10.2 Å². The topological polar surface area (TPSA) is 15.3 Å². The van der Waals surface area contributed by atoms with Crippen molar-refractivity contribution in [1.29, 1.82) is 0 Å². The molecule has 2 fully saturated rings. The molecule has 1 saturated heterocycles. The van der Waals surface area contributed by atoms with Crippen LogP contribution in [-0.2, 0) is 0 Å². The van der Waals surface area contributed by atoms with Crippen LogP contribution < -0.4 is 5.32 Å². The molecule has 1 atom stereocenters. The first-order valence-electron chi connectivity index (χ1n) is 9.51. The van der Waals surface area contributed by atoms with E-state index < -0.39 is 0 Å². The Labute approximate surface area is 170 Å². The fraction of sp³-hybridized carbons (Fsp3) is 0.700. The van der Waals surface area contributed by atoms with Crippen LogP contribution >= 0.6 is 36.4 Å². The normalized spacial score (nSPS) is 20.8. The Bertz CT molecular complexity index is 470. The summed E-state index contributed by atoms with van der Waals surface area (Å²) in [5.74, 6) is 1.53. The molecule has 1 aromatic carbocycles. The molecule has 0 bridgehead atoms. The van der Waals surface area contributed by atoms with E-state index in [4.69, 9.17) is 11.6 Å². The minimum absolute atomic E-state index is 0. The Morgan fingerprint density at radius 2 is 1.72 bits per heavy atom. The van der Waals surface area contributed by atoms with Crippen molar-refractivity contribution < 1.29 is 0 Å². The van der Waals surface area contributed by atoms with Gasteiger partial charge in [-0.3, -0.25) is 0 Å². The fourth-order valence-corrected chi connectivity index (χ4v) is 4.58. The summed E-state index contributed by atoms with van der Waals surface area (Å²) in [6, 6.07) is 8.66. The molecule has 1 aliphatic carbocycles. The predicted molar refractivity (Wildman–Crippen MR) is 114 cm³/mol. The first-order valence-corrected chi connectivity index (χ1v) is 9.89. The number of hydrogen-bond donors (Lipinski definition) is 1. The molecule has 1 aromatic rings. The average molecular weight is 408 g/mol. The van der Waals surface area contributed by atoms with Gasteiger partial charge in [0.05, 0.1) is 0 Å². The van der Waals surface area contributed by atoms with E-state index in [-0.39, 0.29) is 24.8 Å². The second-order valence-electron chi connectivity index (χ2n) is 7.29. The molecule has 1 aliphatic heterocycles. The third kappa shape index (κ3) is 7.27. The van der Waals surface area contributed by atoms with Gasteiger partial charge in [0, 0.05) is 31.2 Å². The molecule has 1 heterocycles. The summed E-state index contributed by atoms with van der Waals surface area (Å²) in [5.41, 5.74) is 1.47. The van der Waals surface area contributed by atoms with Crippen molar-refractivity contribution in [2.75, 3.05) is 32.7 Å². The van der Waals surface area contributed by atoms with Gasteiger partial charge in [-0.25, -0.2) is 0 Å². The molecule has 1 unspecified atom stereocenters. The number of piperazine rings is 1. The van der Waals surface area contributed by atoms with E-state index in [0.29, 0.717) is 5.92 Å². The predicted octanol–water partition coefficient (Wildman–Crippen LogP) is 5.53. The molecule has 2 nitrogen and oxygen atoms in total. The minimum atomic E-state index is 0. The van der Waals surface area contributed by atoms with Gasteiger partial charge in [0.1, 0.15) is 0 Å². The summed E-state index contributed by atoms with van der Waals surface area (Å²) >= 11 is 6.29. The van der Waals surface area contributed by atoms with Crippen molar-refractivity contribution in [3.05, 3.63) is 34.9 Å². The maximum atomic E-state index is 6.29. The highest BCUT2D eigenvalue weighted by Crippen LogP contribution is 2.38. The number of halogens is 3. The molecule has 0 spiro atoms. The van der Waals surface area contributed by atoms with Crippen molar-refractivity contribution in [3.8, 4) is 0 Å². The summed E-state index contributed by atoms with van der Waals surface area (Å²) in [6.45, 7) is 5.92. The van der Waals surface area contributed by atoms with Gasteiger partial charge in [-0.15, -0.1) is 24.8 Å². The highest BCUT2D eigenvalue weighted by Gasteiger charge is 2.25. The molecule has 0 aromatic heterocycles. The maximum Gasteiger partial charge on any atom is 0.0408 e. The molecular formula is C20H33Cl3N2. The minimum Gasteiger partial charge on any atom is -0.314 e. The lowest BCUT2D eigenvalue weighted by Gasteiger charge is -2.32. The zero-order valence-electron chi connectivity index (χ0n) is 15.1. The lowest BCUT2D eigenvalue weighted by molar-refractivity contribution is 0.219. The molecule has 144 valence electrons. The Balaban J connectivity index is 0.00000156. The highest BCUT2D eigenvalue weighted by atomic mass is 35.5. The summed E-state index contributed by atoms with van der Waals surface area (Å²) in [7, 11) is 0. The number of nitrogens with one attached hydrogen (secondary N) is 1. The molecule has 0 radical (unpaired) electrons. The summed E-state index contributed by atoms with van der Waals surface area (Å²) < 4.78 is 0. The molecule has 1 saturated carbocycles. The third-order valence-electron chi connectivity index (χ3n) is 5.71. The van der Waals surface area contributed by atoms with Gasteiger partial charge in [0.15, 0.2) is 0 Å². The van der Waals surface area contributed by atoms with E-state index in [2.05, 4.69) is 28.4 Å². The van der Waals surface area contributed by atoms with Crippen molar-refractivity contribution in [2.45, 2.75) is 50.9 Å². The molecule has 0 amide bonds. The van der Waals surface area contributed by atoms with Crippen LogP contribution in [0.15, 0.2) is 24.3 Å². The van der Waals surface area contributed by atoms with Gasteiger partial charge in [0.2, 0.25) is 0 Å². The maximum absolute atomic E-state index is 6.29. The van der Waals surface area contributed by atoms with Crippen molar-refractivity contribution >= 4 is 36.4 Å². The molecule has 3 rings (SSSR count). The monoisotopic (exact) mass is 406 g/mol. The van der Waals surface area contributed by atoms with Gasteiger partial charge in [-0.05, 0) is 55.3 Å². The summed E-state index contributed by atoms with van der Waals surface area (Å²) in [5, 5.41) is 4.35. The number of hydrogen-bond acceptors (Lipinski definition) is 2. The third-order valence-corrected chi connectivity index (χ3v) is 5.95. The Kier molecular flexibility index (Phi) is 11.4. The van der Waals surface area contributed by atoms with Crippen LogP contribution in [-0.4, -0.2) is 37.6 Å². The fourth-order valence-electron chi connectivity index (χ4n) is 4.38. The molecular weight excluding hydrogens is 375 g/mol. The lowest BCUT2D eigenvalue weighted by atomic mass is 9.79. The molecule has 5 heteroatoms. The van der Waals surface area contributed by atoms with Gasteiger partial charge in [-0.1, -0.05) is 49.4 Å². The lowest BCUT2D eigenvalue weighted by Crippen LogP contribution is -2.44. The first-order chi connectivity index (χ1) is 11.3. The summed E-state index contributed by atoms with van der Waals surface area (Å²) in [6.07, 6.45) is 9.76. The Morgan fingerprint density at radius 1 is 1.04 bits per heavy atom. The first kappa shape index (κ1) is 23.0. The van der Waals surface area contributed by atoms with Gasteiger partial charge in [0.25, 0.3) is 0 Å². The van der Waals surface area contributed by atoms with E-state index in [9.17, 15) is 0 Å². The zero-order valence-corrected chi connectivity index (χ0v) is 17.5. The second-order valence-corrected chi connectivity index (χ2v) is 7.73. The quantitative estimate of drug-likeness (QED) is 0.645. The van der Waals surface area contributed by atoms with Crippen molar-refractivity contribution in [3.63, 3.8) is 0 Å². The van der Waals surface area contributed by atoms with Crippen LogP contribution in [0.1, 0.15) is 56.4 Å². The van der Waals surface area contributed by atoms with E-state index in [1.165, 1.54) is 70.1 Å². The van der Waals surface area contributed by atoms with Crippen LogP contribution in [0.5, 0.6) is 0 Å². The summed E-state index contributed by atoms with van der Waals surface area (Å²) in [4.78, 5) is 2.63. The van der Waals surface area contributed by atoms with Crippen LogP contribution in [0.25, 0.3) is 0 Å². The van der Waals surface area contributed by atoms with Gasteiger partial charge < -0.3 is 10.2 Å². The molecule has 25 heavy (non-hydrogen) atoms. The second kappa shape index (κ2) is 12.4. The van der Waals surface area contributed by atoms with Crippen molar-refractivity contribution in [2.24, 2.45) is 5.92 Å². The van der Waals surface area contributed by atoms with Gasteiger partial charge >= 0.3 is 0 Å². The molecule has 1 N–H and O–H groups in total.